The zero-order valence-corrected chi connectivity index (χ0v) is 5.74. The van der Waals surface area contributed by atoms with Gasteiger partial charge in [0.1, 0.15) is 6.26 Å². The molecule has 0 aliphatic carbocycles. The van der Waals surface area contributed by atoms with Crippen LogP contribution in [0.3, 0.4) is 0 Å². The minimum absolute atomic E-state index is 0.0595. The molecule has 6 heteroatoms. The molecule has 0 saturated heterocycles. The highest BCUT2D eigenvalue weighted by Gasteiger charge is 2.32. The van der Waals surface area contributed by atoms with Crippen LogP contribution in [-0.2, 0) is 0 Å². The van der Waals surface area contributed by atoms with Gasteiger partial charge < -0.3 is 9.15 Å². The Kier molecular flexibility index (Phi) is 1.99. The fourth-order valence-corrected chi connectivity index (χ4v) is 0.596. The number of hydrogen-bond donors (Lipinski definition) is 0. The second-order valence-electron chi connectivity index (χ2n) is 1.63. The summed E-state index contributed by atoms with van der Waals surface area (Å²) in [5.74, 6) is -0.664. The van der Waals surface area contributed by atoms with E-state index in [9.17, 15) is 13.2 Å². The molecule has 0 unspecified atom stereocenters. The van der Waals surface area contributed by atoms with Crippen LogP contribution in [0.2, 0.25) is 5.02 Å². The topological polar surface area (TPSA) is 22.4 Å². The highest BCUT2D eigenvalue weighted by Crippen LogP contribution is 2.26. The Balaban J connectivity index is 2.65. The molecule has 0 aliphatic heterocycles. The molecular weight excluding hydrogens is 184 g/mol. The Morgan fingerprint density at radius 2 is 2.09 bits per heavy atom. The zero-order chi connectivity index (χ0) is 8.48. The SMILES string of the molecule is FC(F)(F)Oc1cc(Cl)co1. The van der Waals surface area contributed by atoms with Crippen LogP contribution in [0.5, 0.6) is 5.95 Å². The molecule has 0 N–H and O–H groups in total. The average molecular weight is 187 g/mol. The van der Waals surface area contributed by atoms with Crippen molar-refractivity contribution in [3.05, 3.63) is 17.4 Å². The lowest BCUT2D eigenvalue weighted by atomic mass is 10.6. The third kappa shape index (κ3) is 2.71. The molecule has 0 bridgehead atoms. The van der Waals surface area contributed by atoms with E-state index in [1.54, 1.807) is 0 Å². The van der Waals surface area contributed by atoms with Crippen LogP contribution in [0.15, 0.2) is 16.7 Å². The van der Waals surface area contributed by atoms with E-state index >= 15 is 0 Å². The molecule has 1 aromatic heterocycles. The lowest BCUT2D eigenvalue weighted by molar-refractivity contribution is -0.280. The van der Waals surface area contributed by atoms with Crippen molar-refractivity contribution in [2.45, 2.75) is 6.36 Å². The summed E-state index contributed by atoms with van der Waals surface area (Å²) in [4.78, 5) is 0. The molecule has 1 heterocycles. The average Bonchev–Trinajstić information content (AvgIpc) is 2.10. The number of furan rings is 1. The normalized spacial score (nSPS) is 11.6. The molecule has 1 rings (SSSR count). The van der Waals surface area contributed by atoms with Crippen LogP contribution in [0.1, 0.15) is 0 Å². The monoisotopic (exact) mass is 186 g/mol. The largest absolute Gasteiger partial charge is 0.575 e. The second-order valence-corrected chi connectivity index (χ2v) is 2.07. The van der Waals surface area contributed by atoms with E-state index in [2.05, 4.69) is 9.15 Å². The summed E-state index contributed by atoms with van der Waals surface area (Å²) in [6.45, 7) is 0. The molecule has 0 fully saturated rings. The van der Waals surface area contributed by atoms with Gasteiger partial charge in [0, 0.05) is 6.07 Å². The van der Waals surface area contributed by atoms with Crippen LogP contribution < -0.4 is 4.74 Å². The standard InChI is InChI=1S/C5H2ClF3O2/c6-3-1-4(10-2-3)11-5(7,8)9/h1-2H. The molecule has 0 amide bonds. The highest BCUT2D eigenvalue weighted by molar-refractivity contribution is 6.30. The van der Waals surface area contributed by atoms with E-state index < -0.39 is 12.3 Å². The van der Waals surface area contributed by atoms with Gasteiger partial charge in [0.15, 0.2) is 0 Å². The fourth-order valence-electron chi connectivity index (χ4n) is 0.463. The Bertz CT molecular complexity index is 242. The minimum atomic E-state index is -4.73. The van der Waals surface area contributed by atoms with Gasteiger partial charge in [-0.05, 0) is 0 Å². The molecule has 0 aliphatic rings. The van der Waals surface area contributed by atoms with E-state index in [1.807, 2.05) is 0 Å². The van der Waals surface area contributed by atoms with Crippen molar-refractivity contribution < 1.29 is 22.3 Å². The zero-order valence-electron chi connectivity index (χ0n) is 4.98. The lowest BCUT2D eigenvalue weighted by Gasteiger charge is -2.03. The number of rotatable bonds is 1. The Labute approximate surface area is 64.5 Å². The summed E-state index contributed by atoms with van der Waals surface area (Å²) in [7, 11) is 0. The maximum Gasteiger partial charge on any atom is 0.575 e. The molecule has 11 heavy (non-hydrogen) atoms. The number of ether oxygens (including phenoxy) is 1. The fraction of sp³-hybridized carbons (Fsp3) is 0.200. The predicted octanol–water partition coefficient (Wildman–Crippen LogP) is 2.83. The lowest BCUT2D eigenvalue weighted by Crippen LogP contribution is -2.16. The predicted molar refractivity (Wildman–Crippen MR) is 30.4 cm³/mol. The first-order valence-electron chi connectivity index (χ1n) is 2.47. The van der Waals surface area contributed by atoms with Crippen molar-refractivity contribution in [3.63, 3.8) is 0 Å². The van der Waals surface area contributed by atoms with E-state index in [0.717, 1.165) is 12.3 Å². The van der Waals surface area contributed by atoms with E-state index in [0.29, 0.717) is 0 Å². The summed E-state index contributed by atoms with van der Waals surface area (Å²) < 4.78 is 41.9. The second kappa shape index (κ2) is 2.65. The number of halogens is 4. The number of alkyl halides is 3. The number of hydrogen-bond acceptors (Lipinski definition) is 2. The first-order chi connectivity index (χ1) is 4.97. The third-order valence-corrected chi connectivity index (χ3v) is 0.958. The highest BCUT2D eigenvalue weighted by atomic mass is 35.5. The van der Waals surface area contributed by atoms with Gasteiger partial charge in [-0.2, -0.15) is 0 Å². The smallest absolute Gasteiger partial charge is 0.432 e. The van der Waals surface area contributed by atoms with Gasteiger partial charge >= 0.3 is 6.36 Å². The Hall–Kier alpha value is -0.840. The van der Waals surface area contributed by atoms with E-state index in [1.165, 1.54) is 0 Å². The third-order valence-electron chi connectivity index (χ3n) is 0.760. The quantitative estimate of drug-likeness (QED) is 0.673. The minimum Gasteiger partial charge on any atom is -0.432 e. The molecular formula is C5H2ClF3O2. The first kappa shape index (κ1) is 8.26. The van der Waals surface area contributed by atoms with Gasteiger partial charge in [0.2, 0.25) is 0 Å². The van der Waals surface area contributed by atoms with Crippen molar-refractivity contribution in [3.8, 4) is 5.95 Å². The van der Waals surface area contributed by atoms with Gasteiger partial charge in [-0.15, -0.1) is 13.2 Å². The molecule has 1 aromatic rings. The van der Waals surface area contributed by atoms with E-state index in [4.69, 9.17) is 11.6 Å². The van der Waals surface area contributed by atoms with Crippen LogP contribution >= 0.6 is 11.6 Å². The molecule has 0 aromatic carbocycles. The van der Waals surface area contributed by atoms with Crippen molar-refractivity contribution in [2.24, 2.45) is 0 Å². The maximum absolute atomic E-state index is 11.4. The van der Waals surface area contributed by atoms with Crippen LogP contribution in [0, 0.1) is 0 Å². The summed E-state index contributed by atoms with van der Waals surface area (Å²) in [5, 5.41) is 0.0595. The van der Waals surface area contributed by atoms with Crippen LogP contribution in [-0.4, -0.2) is 6.36 Å². The summed E-state index contributed by atoms with van der Waals surface area (Å²) in [6.07, 6.45) is -3.79. The first-order valence-corrected chi connectivity index (χ1v) is 2.85. The van der Waals surface area contributed by atoms with Crippen LogP contribution in [0.25, 0.3) is 0 Å². The molecule has 0 radical (unpaired) electrons. The van der Waals surface area contributed by atoms with Gasteiger partial charge in [0.25, 0.3) is 5.95 Å². The van der Waals surface area contributed by atoms with Crippen molar-refractivity contribution >= 4 is 11.6 Å². The summed E-state index contributed by atoms with van der Waals surface area (Å²) in [6, 6.07) is 0.926. The van der Waals surface area contributed by atoms with Gasteiger partial charge in [-0.25, -0.2) is 0 Å². The molecule has 0 saturated carbocycles. The summed E-state index contributed by atoms with van der Waals surface area (Å²) >= 11 is 5.25. The molecule has 0 spiro atoms. The van der Waals surface area contributed by atoms with Crippen molar-refractivity contribution in [2.75, 3.05) is 0 Å². The van der Waals surface area contributed by atoms with Gasteiger partial charge in [-0.1, -0.05) is 11.6 Å². The van der Waals surface area contributed by atoms with Crippen molar-refractivity contribution in [1.82, 2.24) is 0 Å². The molecule has 62 valence electrons. The molecule has 2 nitrogen and oxygen atoms in total. The maximum atomic E-state index is 11.4. The summed E-state index contributed by atoms with van der Waals surface area (Å²) in [5.41, 5.74) is 0. The van der Waals surface area contributed by atoms with Crippen molar-refractivity contribution in [1.29, 1.82) is 0 Å². The molecule has 0 atom stereocenters. The van der Waals surface area contributed by atoms with Gasteiger partial charge in [-0.3, -0.25) is 0 Å². The van der Waals surface area contributed by atoms with Crippen LogP contribution in [0.4, 0.5) is 13.2 Å². The van der Waals surface area contributed by atoms with E-state index in [-0.39, 0.29) is 5.02 Å². The Morgan fingerprint density at radius 1 is 1.45 bits per heavy atom. The van der Waals surface area contributed by atoms with Gasteiger partial charge in [0.05, 0.1) is 5.02 Å². The Morgan fingerprint density at radius 3 is 2.45 bits per heavy atom.